The summed E-state index contributed by atoms with van der Waals surface area (Å²) in [6, 6.07) is 4.54. The zero-order valence-electron chi connectivity index (χ0n) is 20.6. The van der Waals surface area contributed by atoms with Crippen molar-refractivity contribution in [2.75, 3.05) is 43.8 Å². The van der Waals surface area contributed by atoms with Crippen LogP contribution in [0, 0.1) is 12.7 Å². The fraction of sp³-hybridized carbons (Fsp3) is 0.360. The van der Waals surface area contributed by atoms with Crippen LogP contribution >= 0.6 is 0 Å². The van der Waals surface area contributed by atoms with E-state index < -0.39 is 12.4 Å². The van der Waals surface area contributed by atoms with Crippen molar-refractivity contribution in [1.29, 1.82) is 0 Å². The molecule has 1 aromatic heterocycles. The first-order chi connectivity index (χ1) is 16.7. The van der Waals surface area contributed by atoms with Gasteiger partial charge in [-0.3, -0.25) is 19.5 Å². The molecule has 1 atom stereocenters. The Morgan fingerprint density at radius 3 is 2.74 bits per heavy atom. The summed E-state index contributed by atoms with van der Waals surface area (Å²) < 4.78 is 20.7. The van der Waals surface area contributed by atoms with Crippen molar-refractivity contribution < 1.29 is 23.8 Å². The second kappa shape index (κ2) is 10.6. The zero-order chi connectivity index (χ0) is 25.9. The van der Waals surface area contributed by atoms with Crippen LogP contribution in [0.4, 0.5) is 15.8 Å². The molecule has 0 saturated carbocycles. The van der Waals surface area contributed by atoms with E-state index in [1.165, 1.54) is 30.1 Å². The fourth-order valence-electron chi connectivity index (χ4n) is 4.15. The molecule has 2 aromatic rings. The summed E-state index contributed by atoms with van der Waals surface area (Å²) >= 11 is 0. The number of benzene rings is 1. The van der Waals surface area contributed by atoms with E-state index >= 15 is 4.39 Å². The fourth-order valence-corrected chi connectivity index (χ4v) is 4.15. The number of ether oxygens (including phenoxy) is 1. The van der Waals surface area contributed by atoms with Gasteiger partial charge in [0.1, 0.15) is 18.1 Å². The SMILES string of the molecule is C=C(C)C1CN(c2c(C)ccnc2OC)C(=O)c2cc(F)c(N(C)/N=C(/CO)N(C=O)CC)cc21. The Labute approximate surface area is 204 Å². The van der Waals surface area contributed by atoms with Gasteiger partial charge in [0.05, 0.1) is 12.8 Å². The third-order valence-electron chi connectivity index (χ3n) is 6.04. The van der Waals surface area contributed by atoms with Crippen molar-refractivity contribution >= 4 is 29.5 Å². The number of likely N-dealkylation sites (N-methyl/N-ethyl adjacent to an activating group) is 1. The van der Waals surface area contributed by atoms with Crippen molar-refractivity contribution in [1.82, 2.24) is 9.88 Å². The number of amidine groups is 1. The van der Waals surface area contributed by atoms with Gasteiger partial charge < -0.3 is 14.7 Å². The highest BCUT2D eigenvalue weighted by Gasteiger charge is 2.36. The van der Waals surface area contributed by atoms with Crippen molar-refractivity contribution in [2.45, 2.75) is 26.7 Å². The minimum atomic E-state index is -0.674. The van der Waals surface area contributed by atoms with Crippen LogP contribution < -0.4 is 14.6 Å². The molecule has 0 aliphatic carbocycles. The number of hydrazone groups is 1. The second-order valence-corrected chi connectivity index (χ2v) is 8.28. The van der Waals surface area contributed by atoms with Crippen molar-refractivity contribution in [2.24, 2.45) is 5.10 Å². The molecule has 1 aliphatic rings. The molecule has 35 heavy (non-hydrogen) atoms. The van der Waals surface area contributed by atoms with Gasteiger partial charge in [-0.2, -0.15) is 5.10 Å². The summed E-state index contributed by atoms with van der Waals surface area (Å²) in [6.07, 6.45) is 2.15. The Kier molecular flexibility index (Phi) is 7.85. The van der Waals surface area contributed by atoms with E-state index in [2.05, 4.69) is 16.7 Å². The number of fused-ring (bicyclic) bond motifs is 1. The number of aromatic nitrogens is 1. The Morgan fingerprint density at radius 1 is 1.46 bits per heavy atom. The molecule has 9 nitrogen and oxygen atoms in total. The third-order valence-corrected chi connectivity index (χ3v) is 6.04. The monoisotopic (exact) mass is 483 g/mol. The lowest BCUT2D eigenvalue weighted by molar-refractivity contribution is -0.114. The Morgan fingerprint density at radius 2 is 2.17 bits per heavy atom. The molecule has 10 heteroatoms. The van der Waals surface area contributed by atoms with E-state index in [-0.39, 0.29) is 35.5 Å². The third kappa shape index (κ3) is 4.88. The molecule has 2 heterocycles. The first kappa shape index (κ1) is 25.8. The molecular formula is C25H30FN5O4. The van der Waals surface area contributed by atoms with E-state index in [4.69, 9.17) is 4.74 Å². The van der Waals surface area contributed by atoms with Gasteiger partial charge in [0.2, 0.25) is 12.3 Å². The summed E-state index contributed by atoms with van der Waals surface area (Å²) in [5, 5.41) is 15.1. The van der Waals surface area contributed by atoms with Gasteiger partial charge in [0, 0.05) is 37.8 Å². The summed E-state index contributed by atoms with van der Waals surface area (Å²) in [7, 11) is 2.99. The van der Waals surface area contributed by atoms with Gasteiger partial charge in [-0.05, 0) is 50.1 Å². The topological polar surface area (TPSA) is 98.6 Å². The summed E-state index contributed by atoms with van der Waals surface area (Å²) in [4.78, 5) is 31.8. The van der Waals surface area contributed by atoms with Crippen LogP contribution in [0.15, 0.2) is 41.6 Å². The lowest BCUT2D eigenvalue weighted by Gasteiger charge is -2.36. The number of methoxy groups -OCH3 is 1. The van der Waals surface area contributed by atoms with Crippen molar-refractivity contribution in [3.63, 3.8) is 0 Å². The second-order valence-electron chi connectivity index (χ2n) is 8.28. The minimum absolute atomic E-state index is 0.0694. The first-order valence-electron chi connectivity index (χ1n) is 11.1. The highest BCUT2D eigenvalue weighted by molar-refractivity contribution is 6.10. The van der Waals surface area contributed by atoms with Crippen LogP contribution in [0.5, 0.6) is 5.88 Å². The Bertz CT molecular complexity index is 1180. The number of carbonyl (C=O) groups is 2. The number of halogens is 1. The standard InChI is InChI=1S/C25H30FN5O4/c1-7-30(14-33)22(13-32)28-29(5)21-11-17-18(10-20(21)26)25(34)31(12-19(17)15(2)3)23-16(4)8-9-27-24(23)35-6/h8-11,14,19,32H,2,7,12-13H2,1,3-6H3/b28-22-. The Balaban J connectivity index is 2.12. The zero-order valence-corrected chi connectivity index (χ0v) is 20.6. The predicted octanol–water partition coefficient (Wildman–Crippen LogP) is 3.08. The van der Waals surface area contributed by atoms with Gasteiger partial charge in [-0.1, -0.05) is 12.2 Å². The molecule has 3 rings (SSSR count). The van der Waals surface area contributed by atoms with Gasteiger partial charge in [-0.25, -0.2) is 9.37 Å². The molecule has 2 amide bonds. The Hall–Kier alpha value is -3.79. The number of hydrogen-bond donors (Lipinski definition) is 1. The van der Waals surface area contributed by atoms with Gasteiger partial charge in [0.15, 0.2) is 5.84 Å². The molecule has 0 radical (unpaired) electrons. The van der Waals surface area contributed by atoms with E-state index in [0.717, 1.165) is 11.1 Å². The minimum Gasteiger partial charge on any atom is -0.480 e. The molecule has 1 unspecified atom stereocenters. The van der Waals surface area contributed by atoms with Crippen molar-refractivity contribution in [3.05, 3.63) is 59.1 Å². The number of aliphatic hydroxyl groups excluding tert-OH is 1. The molecule has 0 saturated heterocycles. The average molecular weight is 484 g/mol. The molecule has 1 N–H and O–H groups in total. The number of aliphatic hydroxyl groups is 1. The quantitative estimate of drug-likeness (QED) is 0.204. The van der Waals surface area contributed by atoms with Gasteiger partial charge in [0.25, 0.3) is 5.91 Å². The summed E-state index contributed by atoms with van der Waals surface area (Å²) in [5.41, 5.74) is 3.04. The van der Waals surface area contributed by atoms with Crippen LogP contribution in [-0.4, -0.2) is 67.0 Å². The highest BCUT2D eigenvalue weighted by atomic mass is 19.1. The van der Waals surface area contributed by atoms with Crippen LogP contribution in [0.2, 0.25) is 0 Å². The van der Waals surface area contributed by atoms with E-state index in [1.54, 1.807) is 30.2 Å². The van der Waals surface area contributed by atoms with Crippen LogP contribution in [0.25, 0.3) is 0 Å². The maximum Gasteiger partial charge on any atom is 0.258 e. The number of nitrogens with zero attached hydrogens (tertiary/aromatic N) is 5. The van der Waals surface area contributed by atoms with Gasteiger partial charge >= 0.3 is 0 Å². The largest absolute Gasteiger partial charge is 0.480 e. The number of hydrogen-bond acceptors (Lipinski definition) is 7. The molecule has 1 aliphatic heterocycles. The normalized spacial score (nSPS) is 15.5. The summed E-state index contributed by atoms with van der Waals surface area (Å²) in [5.74, 6) is -0.964. The molecule has 1 aromatic carbocycles. The lowest BCUT2D eigenvalue weighted by Crippen LogP contribution is -2.41. The average Bonchev–Trinajstić information content (AvgIpc) is 2.84. The first-order valence-corrected chi connectivity index (χ1v) is 11.1. The van der Waals surface area contributed by atoms with E-state index in [0.29, 0.717) is 30.1 Å². The predicted molar refractivity (Wildman–Crippen MR) is 133 cm³/mol. The number of aryl methyl sites for hydroxylation is 1. The highest BCUT2D eigenvalue weighted by Crippen LogP contribution is 2.41. The van der Waals surface area contributed by atoms with Crippen LogP contribution in [0.1, 0.15) is 41.3 Å². The molecular weight excluding hydrogens is 453 g/mol. The molecule has 0 bridgehead atoms. The van der Waals surface area contributed by atoms with Crippen molar-refractivity contribution in [3.8, 4) is 5.88 Å². The number of rotatable bonds is 8. The maximum atomic E-state index is 15.3. The van der Waals surface area contributed by atoms with E-state index in [1.807, 2.05) is 13.8 Å². The van der Waals surface area contributed by atoms with E-state index in [9.17, 15) is 14.7 Å². The molecule has 0 spiro atoms. The molecule has 0 fully saturated rings. The maximum absolute atomic E-state index is 15.3. The molecule has 186 valence electrons. The van der Waals surface area contributed by atoms with Crippen LogP contribution in [0.3, 0.4) is 0 Å². The smallest absolute Gasteiger partial charge is 0.258 e. The summed E-state index contributed by atoms with van der Waals surface area (Å²) in [6.45, 7) is 9.61. The number of anilines is 2. The number of carbonyl (C=O) groups excluding carboxylic acids is 2. The van der Waals surface area contributed by atoms with Crippen LogP contribution in [-0.2, 0) is 4.79 Å². The number of amides is 2. The lowest BCUT2D eigenvalue weighted by atomic mass is 9.84. The van der Waals surface area contributed by atoms with Gasteiger partial charge in [-0.15, -0.1) is 0 Å². The number of pyridine rings is 1.